The standard InChI is InChI=1S/C42H68N12O15/c1-18(2)12-28(42(68)69)52-34(60)21(7)46-37(63)27(14-30(43)57)51-36(62)25(10-11-31(58)59)49-41(67)33(20(5)6)53-35(61)22(8)47-40(66)32(19(3)4)54-38(64)26(13-24-15-44-17-45-24)50-39(65)29(16-55)48-23(9)56/h15,17-22,25-29,32-33,55H,10-14,16H2,1-9H3,(H2,43,57)(H,44,45)(H,46,63)(H,47,66)(H,48,56)(H,49,67)(H,50,65)(H,51,62)(H,52,60)(H,53,61)(H,54,64)(H,58,59)(H,68,69)/t21-,22-,25-,26-,27-,28-,29-,32-,33-/m0/s1. The number of primary amides is 1. The van der Waals surface area contributed by atoms with Crippen LogP contribution in [0.4, 0.5) is 0 Å². The van der Waals surface area contributed by atoms with Crippen LogP contribution in [0.15, 0.2) is 12.5 Å². The quantitative estimate of drug-likeness (QED) is 0.0346. The monoisotopic (exact) mass is 980 g/mol. The zero-order valence-corrected chi connectivity index (χ0v) is 40.1. The Morgan fingerprint density at radius 3 is 1.49 bits per heavy atom. The number of aliphatic hydroxyl groups is 1. The molecule has 0 aromatic carbocycles. The van der Waals surface area contributed by atoms with Gasteiger partial charge in [0, 0.05) is 31.7 Å². The molecule has 27 nitrogen and oxygen atoms in total. The van der Waals surface area contributed by atoms with E-state index in [2.05, 4.69) is 57.8 Å². The van der Waals surface area contributed by atoms with Crippen LogP contribution in [0.25, 0.3) is 0 Å². The third-order valence-electron chi connectivity index (χ3n) is 10.1. The van der Waals surface area contributed by atoms with E-state index >= 15 is 0 Å². The normalized spacial score (nSPS) is 15.0. The number of carboxylic acid groups (broad SMARTS) is 2. The number of imidazole rings is 1. The van der Waals surface area contributed by atoms with Crippen LogP contribution in [0.3, 0.4) is 0 Å². The van der Waals surface area contributed by atoms with E-state index in [0.29, 0.717) is 5.69 Å². The molecule has 0 aliphatic rings. The van der Waals surface area contributed by atoms with Gasteiger partial charge in [-0.1, -0.05) is 41.5 Å². The second-order valence-corrected chi connectivity index (χ2v) is 17.5. The minimum atomic E-state index is -1.76. The summed E-state index contributed by atoms with van der Waals surface area (Å²) < 4.78 is 0. The van der Waals surface area contributed by atoms with Crippen LogP contribution in [0.1, 0.15) is 93.7 Å². The molecule has 1 heterocycles. The number of aliphatic carboxylic acids is 2. The largest absolute Gasteiger partial charge is 0.481 e. The number of amides is 10. The molecule has 69 heavy (non-hydrogen) atoms. The van der Waals surface area contributed by atoms with Gasteiger partial charge in [0.2, 0.25) is 59.1 Å². The molecule has 0 spiro atoms. The van der Waals surface area contributed by atoms with Gasteiger partial charge in [-0.3, -0.25) is 52.7 Å². The van der Waals surface area contributed by atoms with Gasteiger partial charge in [-0.15, -0.1) is 0 Å². The number of carbonyl (C=O) groups excluding carboxylic acids is 10. The molecule has 386 valence electrons. The fourth-order valence-corrected chi connectivity index (χ4v) is 6.36. The van der Waals surface area contributed by atoms with Gasteiger partial charge < -0.3 is 73.9 Å². The number of nitrogens with one attached hydrogen (secondary N) is 10. The molecule has 0 saturated carbocycles. The maximum absolute atomic E-state index is 13.7. The van der Waals surface area contributed by atoms with E-state index in [1.807, 2.05) is 0 Å². The molecular formula is C42H68N12O15. The molecule has 9 atom stereocenters. The molecule has 0 unspecified atom stereocenters. The summed E-state index contributed by atoms with van der Waals surface area (Å²) in [6, 6.07) is -13.0. The Kier molecular flexibility index (Phi) is 25.0. The van der Waals surface area contributed by atoms with E-state index in [0.717, 1.165) is 6.92 Å². The lowest BCUT2D eigenvalue weighted by Gasteiger charge is -2.29. The van der Waals surface area contributed by atoms with Gasteiger partial charge in [0.25, 0.3) is 0 Å². The summed E-state index contributed by atoms with van der Waals surface area (Å²) in [4.78, 5) is 161. The van der Waals surface area contributed by atoms with E-state index in [4.69, 9.17) is 5.73 Å². The minimum absolute atomic E-state index is 0.0700. The Bertz CT molecular complexity index is 1990. The predicted octanol–water partition coefficient (Wildman–Crippen LogP) is -4.45. The Balaban J connectivity index is 3.22. The van der Waals surface area contributed by atoms with Crippen molar-refractivity contribution in [2.45, 2.75) is 149 Å². The van der Waals surface area contributed by atoms with Crippen LogP contribution < -0.4 is 53.6 Å². The number of aliphatic hydroxyl groups excluding tert-OH is 1. The lowest BCUT2D eigenvalue weighted by Crippen LogP contribution is -2.61. The first-order valence-corrected chi connectivity index (χ1v) is 22.1. The predicted molar refractivity (Wildman–Crippen MR) is 241 cm³/mol. The molecule has 1 aromatic heterocycles. The summed E-state index contributed by atoms with van der Waals surface area (Å²) in [5.74, 6) is -13.5. The van der Waals surface area contributed by atoms with Crippen LogP contribution in [-0.4, -0.2) is 157 Å². The molecule has 0 aliphatic carbocycles. The van der Waals surface area contributed by atoms with Crippen molar-refractivity contribution in [3.63, 3.8) is 0 Å². The van der Waals surface area contributed by atoms with Crippen molar-refractivity contribution in [2.75, 3.05) is 6.61 Å². The van der Waals surface area contributed by atoms with Gasteiger partial charge in [-0.05, 0) is 44.4 Å². The third kappa shape index (κ3) is 21.5. The minimum Gasteiger partial charge on any atom is -0.481 e. The number of carbonyl (C=O) groups is 12. The maximum Gasteiger partial charge on any atom is 0.326 e. The average molecular weight is 981 g/mol. The number of aromatic amines is 1. The van der Waals surface area contributed by atoms with Crippen molar-refractivity contribution >= 4 is 71.0 Å². The second kappa shape index (κ2) is 28.9. The second-order valence-electron chi connectivity index (χ2n) is 17.5. The first kappa shape index (κ1) is 59.8. The topological polar surface area (TPSA) is 428 Å². The van der Waals surface area contributed by atoms with Crippen LogP contribution in [0, 0.1) is 17.8 Å². The first-order chi connectivity index (χ1) is 32.1. The smallest absolute Gasteiger partial charge is 0.326 e. The van der Waals surface area contributed by atoms with E-state index in [-0.39, 0.29) is 18.8 Å². The highest BCUT2D eigenvalue weighted by Gasteiger charge is 2.36. The number of H-pyrrole nitrogens is 1. The summed E-state index contributed by atoms with van der Waals surface area (Å²) in [6.07, 6.45) is 0.572. The highest BCUT2D eigenvalue weighted by atomic mass is 16.4. The van der Waals surface area contributed by atoms with Crippen molar-refractivity contribution < 1.29 is 72.9 Å². The van der Waals surface area contributed by atoms with E-state index in [1.54, 1.807) is 27.7 Å². The molecule has 15 N–H and O–H groups in total. The number of aromatic nitrogens is 2. The fourth-order valence-electron chi connectivity index (χ4n) is 6.36. The van der Waals surface area contributed by atoms with Gasteiger partial charge in [-0.25, -0.2) is 9.78 Å². The van der Waals surface area contributed by atoms with Crippen LogP contribution in [0.5, 0.6) is 0 Å². The number of hydrogen-bond acceptors (Lipinski definition) is 14. The van der Waals surface area contributed by atoms with Crippen molar-refractivity contribution in [3.8, 4) is 0 Å². The first-order valence-electron chi connectivity index (χ1n) is 22.1. The number of carboxylic acids is 2. The molecule has 0 aliphatic heterocycles. The molecular weight excluding hydrogens is 913 g/mol. The van der Waals surface area contributed by atoms with Crippen molar-refractivity contribution in [3.05, 3.63) is 18.2 Å². The maximum atomic E-state index is 13.7. The van der Waals surface area contributed by atoms with Crippen LogP contribution in [-0.2, 0) is 64.0 Å². The van der Waals surface area contributed by atoms with Gasteiger partial charge in [-0.2, -0.15) is 0 Å². The van der Waals surface area contributed by atoms with Crippen molar-refractivity contribution in [1.29, 1.82) is 0 Å². The van der Waals surface area contributed by atoms with Gasteiger partial charge in [0.15, 0.2) is 0 Å². The van der Waals surface area contributed by atoms with E-state index < -0.39 is 163 Å². The fraction of sp³-hybridized carbons (Fsp3) is 0.643. The van der Waals surface area contributed by atoms with Crippen LogP contribution in [0.2, 0.25) is 0 Å². The number of rotatable bonds is 30. The van der Waals surface area contributed by atoms with Crippen LogP contribution >= 0.6 is 0 Å². The highest BCUT2D eigenvalue weighted by molar-refractivity contribution is 5.99. The Morgan fingerprint density at radius 1 is 0.580 bits per heavy atom. The molecule has 27 heteroatoms. The van der Waals surface area contributed by atoms with Crippen molar-refractivity contribution in [2.24, 2.45) is 23.5 Å². The summed E-state index contributed by atoms with van der Waals surface area (Å²) in [7, 11) is 0. The van der Waals surface area contributed by atoms with Gasteiger partial charge in [0.05, 0.1) is 19.4 Å². The number of hydrogen-bond donors (Lipinski definition) is 14. The lowest BCUT2D eigenvalue weighted by atomic mass is 10.0. The van der Waals surface area contributed by atoms with E-state index in [1.165, 1.54) is 40.2 Å². The summed E-state index contributed by atoms with van der Waals surface area (Å²) in [5.41, 5.74) is 5.72. The van der Waals surface area contributed by atoms with Gasteiger partial charge in [0.1, 0.15) is 54.4 Å². The molecule has 0 bridgehead atoms. The Labute approximate surface area is 398 Å². The van der Waals surface area contributed by atoms with Gasteiger partial charge >= 0.3 is 11.9 Å². The zero-order valence-electron chi connectivity index (χ0n) is 40.1. The highest BCUT2D eigenvalue weighted by Crippen LogP contribution is 2.10. The zero-order chi connectivity index (χ0) is 52.9. The molecule has 10 amide bonds. The summed E-state index contributed by atoms with van der Waals surface area (Å²) in [6.45, 7) is 12.5. The molecule has 0 radical (unpaired) electrons. The number of nitrogens with zero attached hydrogens (tertiary/aromatic N) is 1. The molecule has 0 fully saturated rings. The number of nitrogens with two attached hydrogens (primary N) is 1. The average Bonchev–Trinajstić information content (AvgIpc) is 3.76. The summed E-state index contributed by atoms with van der Waals surface area (Å²) >= 11 is 0. The summed E-state index contributed by atoms with van der Waals surface area (Å²) in [5, 5.41) is 49.9. The third-order valence-corrected chi connectivity index (χ3v) is 10.1. The van der Waals surface area contributed by atoms with E-state index in [9.17, 15) is 72.9 Å². The Hall–Kier alpha value is -7.19. The molecule has 1 aromatic rings. The van der Waals surface area contributed by atoms with Crippen molar-refractivity contribution in [1.82, 2.24) is 57.8 Å². The molecule has 1 rings (SSSR count). The lowest BCUT2D eigenvalue weighted by molar-refractivity contribution is -0.143. The SMILES string of the molecule is CC(=O)N[C@@H](CO)C(=O)N[C@@H](Cc1cnc[nH]1)C(=O)N[C@H](C(=O)N[C@@H](C)C(=O)N[C@H](C(=O)N[C@@H](CCC(=O)O)C(=O)N[C@@H](CC(N)=O)C(=O)N[C@@H](C)C(=O)N[C@@H](CC(C)C)C(=O)O)C(C)C)C(C)C. The Morgan fingerprint density at radius 2 is 1.03 bits per heavy atom. The molecule has 0 saturated heterocycles.